The van der Waals surface area contributed by atoms with Crippen LogP contribution in [0.1, 0.15) is 12.8 Å². The summed E-state index contributed by atoms with van der Waals surface area (Å²) in [6, 6.07) is 22.8. The Morgan fingerprint density at radius 2 is 1.37 bits per heavy atom. The van der Waals surface area contributed by atoms with Gasteiger partial charge in [0, 0.05) is 54.1 Å². The number of rotatable bonds is 12. The van der Waals surface area contributed by atoms with Crippen LogP contribution in [0.4, 0.5) is 11.4 Å². The molecule has 202 valence electrons. The van der Waals surface area contributed by atoms with Gasteiger partial charge in [-0.25, -0.2) is 0 Å². The Bertz CT molecular complexity index is 1170. The molecule has 0 radical (unpaired) electrons. The molecule has 0 saturated carbocycles. The van der Waals surface area contributed by atoms with Crippen molar-refractivity contribution in [3.63, 3.8) is 0 Å². The van der Waals surface area contributed by atoms with Crippen LogP contribution >= 0.6 is 23.4 Å². The molecular formula is C30H37ClN4O2S. The third-order valence-corrected chi connectivity index (χ3v) is 8.39. The van der Waals surface area contributed by atoms with Crippen LogP contribution in [-0.2, 0) is 0 Å². The van der Waals surface area contributed by atoms with Crippen LogP contribution in [-0.4, -0.2) is 75.4 Å². The summed E-state index contributed by atoms with van der Waals surface area (Å²) in [7, 11) is 0. The Morgan fingerprint density at radius 3 is 2.11 bits per heavy atom. The van der Waals surface area contributed by atoms with Crippen LogP contribution in [0.15, 0.2) is 76.5 Å². The first-order valence-corrected chi connectivity index (χ1v) is 14.7. The number of nitrogens with zero attached hydrogens (tertiary/aromatic N) is 3. The zero-order chi connectivity index (χ0) is 26.2. The molecular weight excluding hydrogens is 516 g/mol. The Morgan fingerprint density at radius 1 is 0.711 bits per heavy atom. The molecule has 2 aliphatic rings. The van der Waals surface area contributed by atoms with Crippen molar-refractivity contribution in [2.75, 3.05) is 70.5 Å². The number of nitrogens with two attached hydrogens (primary N) is 1. The van der Waals surface area contributed by atoms with E-state index >= 15 is 0 Å². The summed E-state index contributed by atoms with van der Waals surface area (Å²) in [6.07, 6.45) is 1.97. The number of hydrogen-bond acceptors (Lipinski definition) is 7. The van der Waals surface area contributed by atoms with E-state index in [4.69, 9.17) is 26.8 Å². The van der Waals surface area contributed by atoms with Gasteiger partial charge in [0.05, 0.1) is 18.0 Å². The average Bonchev–Trinajstić information content (AvgIpc) is 2.95. The van der Waals surface area contributed by atoms with Gasteiger partial charge in [0.25, 0.3) is 0 Å². The Balaban J connectivity index is 1.03. The maximum Gasteiger partial charge on any atom is 0.119 e. The lowest BCUT2D eigenvalue weighted by molar-refractivity contribution is 0.116. The van der Waals surface area contributed by atoms with E-state index in [1.165, 1.54) is 21.2 Å². The van der Waals surface area contributed by atoms with Crippen molar-refractivity contribution in [3.8, 4) is 11.5 Å². The van der Waals surface area contributed by atoms with Crippen molar-refractivity contribution in [2.24, 2.45) is 5.73 Å². The van der Waals surface area contributed by atoms with E-state index in [0.29, 0.717) is 19.8 Å². The molecule has 2 aliphatic heterocycles. The molecule has 0 amide bonds. The molecule has 1 fully saturated rings. The summed E-state index contributed by atoms with van der Waals surface area (Å²) in [6.45, 7) is 9.39. The zero-order valence-corrected chi connectivity index (χ0v) is 23.4. The third-order valence-electron chi connectivity index (χ3n) is 7.03. The van der Waals surface area contributed by atoms with Crippen molar-refractivity contribution < 1.29 is 9.47 Å². The van der Waals surface area contributed by atoms with Gasteiger partial charge in [-0.1, -0.05) is 35.5 Å². The Labute approximate surface area is 235 Å². The van der Waals surface area contributed by atoms with Gasteiger partial charge < -0.3 is 25.0 Å². The lowest BCUT2D eigenvalue weighted by Crippen LogP contribution is -2.47. The van der Waals surface area contributed by atoms with Crippen LogP contribution in [0.25, 0.3) is 0 Å². The van der Waals surface area contributed by atoms with E-state index in [1.54, 1.807) is 0 Å². The number of piperazine rings is 1. The first-order valence-electron chi connectivity index (χ1n) is 13.5. The topological polar surface area (TPSA) is 54.2 Å². The highest BCUT2D eigenvalue weighted by Gasteiger charge is 2.24. The van der Waals surface area contributed by atoms with Crippen molar-refractivity contribution in [1.29, 1.82) is 0 Å². The second-order valence-electron chi connectivity index (χ2n) is 9.68. The summed E-state index contributed by atoms with van der Waals surface area (Å²) in [5.74, 6) is 1.74. The molecule has 0 atom stereocenters. The summed E-state index contributed by atoms with van der Waals surface area (Å²) in [5.41, 5.74) is 8.02. The van der Waals surface area contributed by atoms with Crippen LogP contribution in [0.2, 0.25) is 5.02 Å². The normalized spacial score (nSPS) is 15.7. The molecule has 5 rings (SSSR count). The molecule has 1 saturated heterocycles. The average molecular weight is 553 g/mol. The van der Waals surface area contributed by atoms with Gasteiger partial charge in [0.1, 0.15) is 18.1 Å². The van der Waals surface area contributed by atoms with Crippen molar-refractivity contribution in [1.82, 2.24) is 9.80 Å². The fourth-order valence-electron chi connectivity index (χ4n) is 4.93. The van der Waals surface area contributed by atoms with Gasteiger partial charge in [0.2, 0.25) is 0 Å². The molecule has 0 aliphatic carbocycles. The maximum absolute atomic E-state index is 6.37. The number of anilines is 2. The summed E-state index contributed by atoms with van der Waals surface area (Å²) in [5, 5.41) is 0.790. The van der Waals surface area contributed by atoms with Crippen LogP contribution in [0.3, 0.4) is 0 Å². The molecule has 0 spiro atoms. The van der Waals surface area contributed by atoms with Gasteiger partial charge in [-0.05, 0) is 80.5 Å². The first kappa shape index (κ1) is 27.2. The second-order valence-corrected chi connectivity index (χ2v) is 11.2. The lowest BCUT2D eigenvalue weighted by atomic mass is 10.2. The van der Waals surface area contributed by atoms with E-state index in [2.05, 4.69) is 51.1 Å². The standard InChI is InChI=1S/C30H37ClN4O2S/c31-24-7-12-30-28(23-24)35(27-5-1-2-6-29(27)38-30)15-4-14-33-16-18-34(19-17-33)20-22-37-26-10-8-25(9-11-26)36-21-3-13-32/h1-2,5-12,23H,3-4,13-22,32H2. The molecule has 3 aromatic rings. The second kappa shape index (κ2) is 13.6. The SMILES string of the molecule is NCCCOc1ccc(OCCN2CCN(CCCN3c4ccccc4Sc4ccc(Cl)cc43)CC2)cc1. The quantitative estimate of drug-likeness (QED) is 0.287. The number of benzene rings is 3. The maximum atomic E-state index is 6.37. The molecule has 2 heterocycles. The number of fused-ring (bicyclic) bond motifs is 2. The monoisotopic (exact) mass is 552 g/mol. The molecule has 8 heteroatoms. The van der Waals surface area contributed by atoms with Gasteiger partial charge in [-0.2, -0.15) is 0 Å². The number of para-hydroxylation sites is 1. The zero-order valence-electron chi connectivity index (χ0n) is 21.9. The van der Waals surface area contributed by atoms with Crippen LogP contribution in [0.5, 0.6) is 11.5 Å². The minimum atomic E-state index is 0.646. The van der Waals surface area contributed by atoms with Gasteiger partial charge >= 0.3 is 0 Å². The predicted octanol–water partition coefficient (Wildman–Crippen LogP) is 5.76. The van der Waals surface area contributed by atoms with E-state index in [0.717, 1.165) is 75.2 Å². The molecule has 0 aromatic heterocycles. The van der Waals surface area contributed by atoms with Crippen molar-refractivity contribution in [2.45, 2.75) is 22.6 Å². The highest BCUT2D eigenvalue weighted by atomic mass is 35.5. The number of ether oxygens (including phenoxy) is 2. The van der Waals surface area contributed by atoms with E-state index in [1.807, 2.05) is 42.1 Å². The Hall–Kier alpha value is -2.42. The van der Waals surface area contributed by atoms with Crippen LogP contribution in [0, 0.1) is 0 Å². The molecule has 38 heavy (non-hydrogen) atoms. The van der Waals surface area contributed by atoms with Crippen LogP contribution < -0.4 is 20.1 Å². The van der Waals surface area contributed by atoms with Gasteiger partial charge in [-0.3, -0.25) is 4.90 Å². The summed E-state index contributed by atoms with van der Waals surface area (Å²) >= 11 is 8.20. The molecule has 6 nitrogen and oxygen atoms in total. The van der Waals surface area contributed by atoms with Gasteiger partial charge in [0.15, 0.2) is 0 Å². The highest BCUT2D eigenvalue weighted by Crippen LogP contribution is 2.48. The molecule has 0 bridgehead atoms. The minimum absolute atomic E-state index is 0.646. The summed E-state index contributed by atoms with van der Waals surface area (Å²) in [4.78, 5) is 10.1. The van der Waals surface area contributed by atoms with Crippen molar-refractivity contribution >= 4 is 34.7 Å². The Kier molecular flexibility index (Phi) is 9.71. The molecule has 0 unspecified atom stereocenters. The summed E-state index contributed by atoms with van der Waals surface area (Å²) < 4.78 is 11.6. The third kappa shape index (κ3) is 7.16. The highest BCUT2D eigenvalue weighted by molar-refractivity contribution is 7.99. The van der Waals surface area contributed by atoms with Gasteiger partial charge in [-0.15, -0.1) is 0 Å². The fraction of sp³-hybridized carbons (Fsp3) is 0.400. The lowest BCUT2D eigenvalue weighted by Gasteiger charge is -2.36. The fourth-order valence-corrected chi connectivity index (χ4v) is 6.17. The largest absolute Gasteiger partial charge is 0.494 e. The molecule has 2 N–H and O–H groups in total. The predicted molar refractivity (Wildman–Crippen MR) is 158 cm³/mol. The van der Waals surface area contributed by atoms with Crippen molar-refractivity contribution in [3.05, 3.63) is 71.8 Å². The minimum Gasteiger partial charge on any atom is -0.494 e. The van der Waals surface area contributed by atoms with E-state index in [-0.39, 0.29) is 0 Å². The first-order chi connectivity index (χ1) is 18.7. The number of hydrogen-bond donors (Lipinski definition) is 1. The van der Waals surface area contributed by atoms with E-state index in [9.17, 15) is 0 Å². The molecule has 3 aromatic carbocycles. The number of halogens is 1. The van der Waals surface area contributed by atoms with E-state index < -0.39 is 0 Å². The smallest absolute Gasteiger partial charge is 0.119 e.